The summed E-state index contributed by atoms with van der Waals surface area (Å²) >= 11 is 3.30. The number of nitrogens with one attached hydrogen (secondary N) is 2. The largest absolute Gasteiger partial charge is 0.495 e. The van der Waals surface area contributed by atoms with Crippen molar-refractivity contribution in [1.29, 1.82) is 0 Å². The van der Waals surface area contributed by atoms with Crippen LogP contribution in [0.15, 0.2) is 40.4 Å². The van der Waals surface area contributed by atoms with E-state index in [9.17, 15) is 4.79 Å². The van der Waals surface area contributed by atoms with Crippen LogP contribution in [0.1, 0.15) is 12.6 Å². The van der Waals surface area contributed by atoms with Crippen molar-refractivity contribution in [3.8, 4) is 16.3 Å². The van der Waals surface area contributed by atoms with Crippen molar-refractivity contribution in [1.82, 2.24) is 4.98 Å². The molecular weight excluding hydrogens is 342 g/mol. The van der Waals surface area contributed by atoms with Gasteiger partial charge in [-0.3, -0.25) is 4.79 Å². The molecule has 2 aromatic heterocycles. The molecular formula is C17H17N3O2S2. The van der Waals surface area contributed by atoms with Crippen LogP contribution >= 0.6 is 22.7 Å². The van der Waals surface area contributed by atoms with Crippen LogP contribution in [-0.4, -0.2) is 18.0 Å². The van der Waals surface area contributed by atoms with Gasteiger partial charge in [0, 0.05) is 28.9 Å². The van der Waals surface area contributed by atoms with Gasteiger partial charge in [0.1, 0.15) is 10.8 Å². The van der Waals surface area contributed by atoms with Crippen LogP contribution in [0.4, 0.5) is 11.4 Å². The molecule has 3 aromatic rings. The molecule has 24 heavy (non-hydrogen) atoms. The lowest BCUT2D eigenvalue weighted by molar-refractivity contribution is -0.114. The number of methoxy groups -OCH3 is 1. The molecule has 0 saturated carbocycles. The minimum absolute atomic E-state index is 0.106. The van der Waals surface area contributed by atoms with Crippen molar-refractivity contribution in [2.75, 3.05) is 17.7 Å². The second-order valence-corrected chi connectivity index (χ2v) is 6.74. The number of amides is 1. The zero-order chi connectivity index (χ0) is 16.9. The highest BCUT2D eigenvalue weighted by Gasteiger charge is 2.08. The summed E-state index contributed by atoms with van der Waals surface area (Å²) in [6, 6.07) is 7.56. The number of aromatic nitrogens is 1. The first kappa shape index (κ1) is 16.5. The summed E-state index contributed by atoms with van der Waals surface area (Å²) in [5, 5.41) is 13.3. The normalized spacial score (nSPS) is 10.4. The Morgan fingerprint density at radius 2 is 2.17 bits per heavy atom. The van der Waals surface area contributed by atoms with E-state index in [1.165, 1.54) is 6.92 Å². The molecule has 0 aliphatic carbocycles. The summed E-state index contributed by atoms with van der Waals surface area (Å²) in [5.74, 6) is 0.614. The molecule has 3 rings (SSSR count). The van der Waals surface area contributed by atoms with Crippen LogP contribution in [0.2, 0.25) is 0 Å². The van der Waals surface area contributed by atoms with E-state index < -0.39 is 0 Å². The number of nitrogens with zero attached hydrogens (tertiary/aromatic N) is 1. The first-order valence-corrected chi connectivity index (χ1v) is 9.14. The molecule has 0 aliphatic rings. The molecule has 2 N–H and O–H groups in total. The van der Waals surface area contributed by atoms with Gasteiger partial charge in [0.05, 0.1) is 25.0 Å². The van der Waals surface area contributed by atoms with Gasteiger partial charge in [-0.15, -0.1) is 11.3 Å². The Morgan fingerprint density at radius 1 is 1.29 bits per heavy atom. The molecule has 0 saturated heterocycles. The highest BCUT2D eigenvalue weighted by Crippen LogP contribution is 2.29. The maximum absolute atomic E-state index is 11.2. The molecule has 0 fully saturated rings. The van der Waals surface area contributed by atoms with Crippen molar-refractivity contribution in [3.63, 3.8) is 0 Å². The average Bonchev–Trinajstić information content (AvgIpc) is 3.23. The minimum Gasteiger partial charge on any atom is -0.495 e. The summed E-state index contributed by atoms with van der Waals surface area (Å²) in [6.07, 6.45) is 0. The number of carbonyl (C=O) groups is 1. The molecule has 0 radical (unpaired) electrons. The third kappa shape index (κ3) is 3.93. The van der Waals surface area contributed by atoms with Crippen LogP contribution in [0.25, 0.3) is 10.6 Å². The molecule has 2 heterocycles. The molecule has 124 valence electrons. The smallest absolute Gasteiger partial charge is 0.221 e. The van der Waals surface area contributed by atoms with Crippen LogP contribution in [-0.2, 0) is 11.3 Å². The van der Waals surface area contributed by atoms with Crippen LogP contribution in [0.5, 0.6) is 5.75 Å². The lowest BCUT2D eigenvalue weighted by atomic mass is 10.2. The van der Waals surface area contributed by atoms with Gasteiger partial charge in [0.15, 0.2) is 0 Å². The molecule has 0 atom stereocenters. The summed E-state index contributed by atoms with van der Waals surface area (Å²) in [7, 11) is 1.62. The molecule has 1 amide bonds. The van der Waals surface area contributed by atoms with Gasteiger partial charge < -0.3 is 15.4 Å². The van der Waals surface area contributed by atoms with E-state index in [0.29, 0.717) is 6.54 Å². The Kier molecular flexibility index (Phi) is 5.12. The summed E-state index contributed by atoms with van der Waals surface area (Å²) in [6.45, 7) is 2.07. The van der Waals surface area contributed by atoms with Crippen LogP contribution in [0.3, 0.4) is 0 Å². The van der Waals surface area contributed by atoms with Crippen molar-refractivity contribution in [2.24, 2.45) is 0 Å². The van der Waals surface area contributed by atoms with Gasteiger partial charge >= 0.3 is 0 Å². The second-order valence-electron chi connectivity index (χ2n) is 5.11. The maximum Gasteiger partial charge on any atom is 0.221 e. The lowest BCUT2D eigenvalue weighted by Gasteiger charge is -2.12. The summed E-state index contributed by atoms with van der Waals surface area (Å²) < 4.78 is 5.37. The molecule has 0 bridgehead atoms. The summed E-state index contributed by atoms with van der Waals surface area (Å²) in [5.41, 5.74) is 3.66. The number of carbonyl (C=O) groups excluding carboxylic acids is 1. The number of hydrogen-bond acceptors (Lipinski definition) is 6. The van der Waals surface area contributed by atoms with Gasteiger partial charge in [0.25, 0.3) is 0 Å². The Bertz CT molecular complexity index is 828. The minimum atomic E-state index is -0.106. The van der Waals surface area contributed by atoms with Gasteiger partial charge in [-0.1, -0.05) is 0 Å². The van der Waals surface area contributed by atoms with Crippen LogP contribution in [0, 0.1) is 0 Å². The zero-order valence-corrected chi connectivity index (χ0v) is 15.0. The van der Waals surface area contributed by atoms with Crippen molar-refractivity contribution < 1.29 is 9.53 Å². The van der Waals surface area contributed by atoms with E-state index in [0.717, 1.165) is 33.4 Å². The van der Waals surface area contributed by atoms with E-state index in [4.69, 9.17) is 4.74 Å². The standard InChI is InChI=1S/C17H17N3O2S2/c1-11(21)19-13-3-4-16(22-2)15(7-13)18-8-14-10-24-17(20-14)12-5-6-23-9-12/h3-7,9-10,18H,8H2,1-2H3,(H,19,21). The van der Waals surface area contributed by atoms with Crippen molar-refractivity contribution in [3.05, 3.63) is 46.1 Å². The number of anilines is 2. The van der Waals surface area contributed by atoms with Gasteiger partial charge in [-0.2, -0.15) is 11.3 Å². The fourth-order valence-electron chi connectivity index (χ4n) is 2.22. The Hall–Kier alpha value is -2.38. The Labute approximate surface area is 148 Å². The fraction of sp³-hybridized carbons (Fsp3) is 0.176. The number of rotatable bonds is 6. The second kappa shape index (κ2) is 7.46. The van der Waals surface area contributed by atoms with E-state index in [1.807, 2.05) is 29.0 Å². The number of thiophene rings is 1. The highest BCUT2D eigenvalue weighted by molar-refractivity contribution is 7.14. The predicted octanol–water partition coefficient (Wildman–Crippen LogP) is 4.45. The van der Waals surface area contributed by atoms with E-state index >= 15 is 0 Å². The Morgan fingerprint density at radius 3 is 2.88 bits per heavy atom. The molecule has 1 aromatic carbocycles. The molecule has 7 heteroatoms. The van der Waals surface area contributed by atoms with E-state index in [-0.39, 0.29) is 5.91 Å². The zero-order valence-electron chi connectivity index (χ0n) is 13.3. The van der Waals surface area contributed by atoms with Gasteiger partial charge in [-0.25, -0.2) is 4.98 Å². The maximum atomic E-state index is 11.2. The fourth-order valence-corrected chi connectivity index (χ4v) is 3.75. The molecule has 5 nitrogen and oxygen atoms in total. The lowest BCUT2D eigenvalue weighted by Crippen LogP contribution is -2.07. The highest BCUT2D eigenvalue weighted by atomic mass is 32.1. The van der Waals surface area contributed by atoms with Crippen LogP contribution < -0.4 is 15.4 Å². The van der Waals surface area contributed by atoms with Crippen molar-refractivity contribution >= 4 is 40.0 Å². The van der Waals surface area contributed by atoms with Gasteiger partial charge in [-0.05, 0) is 29.6 Å². The molecule has 0 spiro atoms. The van der Waals surface area contributed by atoms with Crippen molar-refractivity contribution in [2.45, 2.75) is 13.5 Å². The summed E-state index contributed by atoms with van der Waals surface area (Å²) in [4.78, 5) is 15.8. The first-order valence-electron chi connectivity index (χ1n) is 7.32. The quantitative estimate of drug-likeness (QED) is 0.682. The molecule has 0 unspecified atom stereocenters. The number of benzene rings is 1. The van der Waals surface area contributed by atoms with E-state index in [2.05, 4.69) is 27.1 Å². The van der Waals surface area contributed by atoms with Gasteiger partial charge in [0.2, 0.25) is 5.91 Å². The Balaban J connectivity index is 1.72. The number of hydrogen-bond donors (Lipinski definition) is 2. The number of thiazole rings is 1. The monoisotopic (exact) mass is 359 g/mol. The third-order valence-corrected chi connectivity index (χ3v) is 4.92. The SMILES string of the molecule is COc1ccc(NC(C)=O)cc1NCc1csc(-c2ccsc2)n1. The third-order valence-electron chi connectivity index (χ3n) is 3.30. The van der Waals surface area contributed by atoms with E-state index in [1.54, 1.807) is 29.8 Å². The average molecular weight is 359 g/mol. The predicted molar refractivity (Wildman–Crippen MR) is 100 cm³/mol. The topological polar surface area (TPSA) is 63.2 Å². The first-order chi connectivity index (χ1) is 11.7. The number of ether oxygens (including phenoxy) is 1. The molecule has 0 aliphatic heterocycles.